The maximum Gasteiger partial charge on any atom is 0.226 e. The molecule has 3 aromatic rings. The number of piperazine rings is 1. The second-order valence-corrected chi connectivity index (χ2v) is 6.99. The van der Waals surface area contributed by atoms with Gasteiger partial charge in [0.05, 0.1) is 6.54 Å². The minimum atomic E-state index is 0.498. The second-order valence-electron chi connectivity index (χ2n) is 6.99. The highest BCUT2D eigenvalue weighted by molar-refractivity contribution is 5.80. The van der Waals surface area contributed by atoms with Crippen molar-refractivity contribution in [2.75, 3.05) is 37.6 Å². The van der Waals surface area contributed by atoms with Gasteiger partial charge in [0.2, 0.25) is 5.89 Å². The van der Waals surface area contributed by atoms with Crippen molar-refractivity contribution in [3.63, 3.8) is 0 Å². The highest BCUT2D eigenvalue weighted by Crippen LogP contribution is 2.19. The van der Waals surface area contributed by atoms with Crippen LogP contribution in [0.15, 0.2) is 76.3 Å². The van der Waals surface area contributed by atoms with E-state index in [0.717, 1.165) is 49.9 Å². The summed E-state index contributed by atoms with van der Waals surface area (Å²) in [5, 5.41) is 3.41. The quantitative estimate of drug-likeness (QED) is 0.533. The largest absolute Gasteiger partial charge is 0.444 e. The number of guanidine groups is 1. The van der Waals surface area contributed by atoms with Gasteiger partial charge in [-0.05, 0) is 31.2 Å². The van der Waals surface area contributed by atoms with Crippen LogP contribution in [0.3, 0.4) is 0 Å². The molecule has 2 heterocycles. The van der Waals surface area contributed by atoms with E-state index in [1.807, 2.05) is 30.3 Å². The van der Waals surface area contributed by atoms with Crippen LogP contribution in [-0.2, 0) is 6.54 Å². The van der Waals surface area contributed by atoms with Crippen molar-refractivity contribution in [2.45, 2.75) is 13.5 Å². The van der Waals surface area contributed by atoms with Crippen LogP contribution in [-0.4, -0.2) is 48.6 Å². The van der Waals surface area contributed by atoms with Gasteiger partial charge in [-0.15, -0.1) is 0 Å². The molecule has 1 saturated heterocycles. The number of oxazole rings is 1. The van der Waals surface area contributed by atoms with E-state index in [2.05, 4.69) is 57.4 Å². The Labute approximate surface area is 171 Å². The Bertz CT molecular complexity index is 915. The molecule has 2 aromatic carbocycles. The molecule has 0 atom stereocenters. The Balaban J connectivity index is 1.39. The Morgan fingerprint density at radius 1 is 1.00 bits per heavy atom. The maximum atomic E-state index is 5.63. The number of hydrogen-bond donors (Lipinski definition) is 1. The van der Waals surface area contributed by atoms with Gasteiger partial charge in [-0.3, -0.25) is 0 Å². The molecule has 0 bridgehead atoms. The van der Waals surface area contributed by atoms with Gasteiger partial charge in [0.25, 0.3) is 0 Å². The number of nitrogens with zero attached hydrogens (tertiary/aromatic N) is 4. The zero-order valence-electron chi connectivity index (χ0n) is 16.8. The van der Waals surface area contributed by atoms with Crippen molar-refractivity contribution in [1.29, 1.82) is 0 Å². The Hall–Kier alpha value is -3.28. The molecule has 1 N–H and O–H groups in total. The Kier molecular flexibility index (Phi) is 6.10. The van der Waals surface area contributed by atoms with Crippen LogP contribution in [0, 0.1) is 0 Å². The van der Waals surface area contributed by atoms with Crippen molar-refractivity contribution in [3.8, 4) is 11.5 Å². The van der Waals surface area contributed by atoms with E-state index in [4.69, 9.17) is 9.41 Å². The number of para-hydroxylation sites is 1. The molecule has 6 heteroatoms. The minimum absolute atomic E-state index is 0.498. The number of aromatic nitrogens is 1. The maximum absolute atomic E-state index is 5.63. The van der Waals surface area contributed by atoms with E-state index in [0.29, 0.717) is 12.4 Å². The van der Waals surface area contributed by atoms with Crippen molar-refractivity contribution in [2.24, 2.45) is 4.99 Å². The van der Waals surface area contributed by atoms with E-state index in [1.165, 1.54) is 5.69 Å². The highest BCUT2D eigenvalue weighted by atomic mass is 16.3. The Morgan fingerprint density at radius 2 is 1.69 bits per heavy atom. The fraction of sp³-hybridized carbons (Fsp3) is 0.304. The second kappa shape index (κ2) is 9.28. The van der Waals surface area contributed by atoms with Crippen LogP contribution in [0.4, 0.5) is 5.69 Å². The van der Waals surface area contributed by atoms with Gasteiger partial charge in [-0.1, -0.05) is 36.4 Å². The van der Waals surface area contributed by atoms with Crippen LogP contribution < -0.4 is 10.2 Å². The van der Waals surface area contributed by atoms with E-state index in [1.54, 1.807) is 6.26 Å². The van der Waals surface area contributed by atoms with E-state index in [-0.39, 0.29) is 0 Å². The molecular formula is C23H27N5O. The predicted molar refractivity (Wildman–Crippen MR) is 117 cm³/mol. The highest BCUT2D eigenvalue weighted by Gasteiger charge is 2.19. The molecule has 1 aromatic heterocycles. The average molecular weight is 390 g/mol. The molecule has 0 radical (unpaired) electrons. The third-order valence-electron chi connectivity index (χ3n) is 5.00. The summed E-state index contributed by atoms with van der Waals surface area (Å²) in [7, 11) is 0. The third kappa shape index (κ3) is 4.77. The molecule has 1 aliphatic heterocycles. The topological polar surface area (TPSA) is 56.9 Å². The third-order valence-corrected chi connectivity index (χ3v) is 5.00. The first-order chi connectivity index (χ1) is 14.3. The molecular weight excluding hydrogens is 362 g/mol. The molecule has 0 saturated carbocycles. The van der Waals surface area contributed by atoms with Gasteiger partial charge in [0.1, 0.15) is 12.0 Å². The summed E-state index contributed by atoms with van der Waals surface area (Å²) in [6, 6.07) is 20.5. The summed E-state index contributed by atoms with van der Waals surface area (Å²) in [5.74, 6) is 1.57. The van der Waals surface area contributed by atoms with Crippen molar-refractivity contribution in [1.82, 2.24) is 15.2 Å². The summed E-state index contributed by atoms with van der Waals surface area (Å²) < 4.78 is 5.63. The Morgan fingerprint density at radius 3 is 2.38 bits per heavy atom. The van der Waals surface area contributed by atoms with Gasteiger partial charge in [-0.25, -0.2) is 9.98 Å². The fourth-order valence-electron chi connectivity index (χ4n) is 3.49. The number of aliphatic imine (C=N–C) groups is 1. The molecule has 150 valence electrons. The summed E-state index contributed by atoms with van der Waals surface area (Å²) in [6.45, 7) is 7.28. The molecule has 6 nitrogen and oxygen atoms in total. The van der Waals surface area contributed by atoms with Gasteiger partial charge in [-0.2, -0.15) is 0 Å². The lowest BCUT2D eigenvalue weighted by Crippen LogP contribution is -2.52. The molecule has 0 aliphatic carbocycles. The first kappa shape index (κ1) is 19.1. The monoisotopic (exact) mass is 389 g/mol. The van der Waals surface area contributed by atoms with Crippen LogP contribution in [0.2, 0.25) is 0 Å². The molecule has 1 aliphatic rings. The fourth-order valence-corrected chi connectivity index (χ4v) is 3.49. The van der Waals surface area contributed by atoms with Gasteiger partial charge < -0.3 is 19.5 Å². The number of benzene rings is 2. The molecule has 1 fully saturated rings. The summed E-state index contributed by atoms with van der Waals surface area (Å²) in [6.07, 6.45) is 1.70. The first-order valence-corrected chi connectivity index (χ1v) is 10.2. The zero-order chi connectivity index (χ0) is 19.9. The van der Waals surface area contributed by atoms with Crippen molar-refractivity contribution < 1.29 is 4.42 Å². The van der Waals surface area contributed by atoms with Crippen molar-refractivity contribution in [3.05, 3.63) is 72.6 Å². The van der Waals surface area contributed by atoms with E-state index >= 15 is 0 Å². The predicted octanol–water partition coefficient (Wildman–Crippen LogP) is 3.63. The molecule has 4 rings (SSSR count). The minimum Gasteiger partial charge on any atom is -0.444 e. The lowest BCUT2D eigenvalue weighted by Gasteiger charge is -2.37. The number of nitrogens with one attached hydrogen (secondary N) is 1. The zero-order valence-corrected chi connectivity index (χ0v) is 16.8. The number of hydrogen-bond acceptors (Lipinski definition) is 4. The van der Waals surface area contributed by atoms with Crippen LogP contribution >= 0.6 is 0 Å². The molecule has 0 amide bonds. The van der Waals surface area contributed by atoms with Gasteiger partial charge in [0, 0.05) is 44.0 Å². The molecule has 0 spiro atoms. The number of rotatable bonds is 5. The van der Waals surface area contributed by atoms with Crippen molar-refractivity contribution >= 4 is 11.6 Å². The van der Waals surface area contributed by atoms with Crippen LogP contribution in [0.1, 0.15) is 12.6 Å². The van der Waals surface area contributed by atoms with Gasteiger partial charge >= 0.3 is 0 Å². The molecule has 0 unspecified atom stereocenters. The van der Waals surface area contributed by atoms with Crippen LogP contribution in [0.25, 0.3) is 11.5 Å². The lowest BCUT2D eigenvalue weighted by atomic mass is 10.2. The average Bonchev–Trinajstić information content (AvgIpc) is 3.27. The SMILES string of the molecule is CCNC(=NCc1coc(-c2ccccc2)n1)N1CCN(c2ccccc2)CC1. The molecule has 29 heavy (non-hydrogen) atoms. The summed E-state index contributed by atoms with van der Waals surface area (Å²) in [4.78, 5) is 14.1. The smallest absolute Gasteiger partial charge is 0.226 e. The van der Waals surface area contributed by atoms with E-state index < -0.39 is 0 Å². The van der Waals surface area contributed by atoms with Crippen LogP contribution in [0.5, 0.6) is 0 Å². The first-order valence-electron chi connectivity index (χ1n) is 10.2. The summed E-state index contributed by atoms with van der Waals surface area (Å²) >= 11 is 0. The van der Waals surface area contributed by atoms with E-state index in [9.17, 15) is 0 Å². The standard InChI is InChI=1S/C23H27N5O/c1-2-24-23(28-15-13-27(14-16-28)21-11-7-4-8-12-21)25-17-20-18-29-22(26-20)19-9-5-3-6-10-19/h3-12,18H,2,13-17H2,1H3,(H,24,25). The normalized spacial score (nSPS) is 14.9. The number of anilines is 1. The lowest BCUT2D eigenvalue weighted by molar-refractivity contribution is 0.372. The summed E-state index contributed by atoms with van der Waals surface area (Å²) in [5.41, 5.74) is 3.10. The van der Waals surface area contributed by atoms with Gasteiger partial charge in [0.15, 0.2) is 5.96 Å².